The first-order valence-electron chi connectivity index (χ1n) is 3.58. The van der Waals surface area contributed by atoms with Crippen LogP contribution in [0.3, 0.4) is 0 Å². The van der Waals surface area contributed by atoms with Crippen LogP contribution in [0, 0.1) is 17.4 Å². The lowest BCUT2D eigenvalue weighted by Crippen LogP contribution is -2.01. The highest BCUT2D eigenvalue weighted by Crippen LogP contribution is 2.59. The molecule has 0 aliphatic heterocycles. The lowest BCUT2D eigenvalue weighted by Gasteiger charge is -2.11. The lowest BCUT2D eigenvalue weighted by atomic mass is 9.93. The van der Waals surface area contributed by atoms with Gasteiger partial charge >= 0.3 is 0 Å². The fourth-order valence-corrected chi connectivity index (χ4v) is 1.77. The van der Waals surface area contributed by atoms with Crippen LogP contribution in [0.1, 0.15) is 19.3 Å². The second kappa shape index (κ2) is 1.50. The molecule has 9 heavy (non-hydrogen) atoms. The summed E-state index contributed by atoms with van der Waals surface area (Å²) >= 11 is 0. The molecule has 0 spiro atoms. The van der Waals surface area contributed by atoms with E-state index in [0.29, 0.717) is 5.41 Å². The smallest absolute Gasteiger partial charge is 0.00217 e. The molecule has 2 rings (SSSR count). The van der Waals surface area contributed by atoms with Gasteiger partial charge < -0.3 is 0 Å². The van der Waals surface area contributed by atoms with E-state index in [2.05, 4.69) is 24.8 Å². The maximum Gasteiger partial charge on any atom is 0.00217 e. The maximum atomic E-state index is 3.74. The van der Waals surface area contributed by atoms with Crippen LogP contribution in [0.15, 0.2) is 18.7 Å². The van der Waals surface area contributed by atoms with Crippen LogP contribution in [0.2, 0.25) is 0 Å². The summed E-state index contributed by atoms with van der Waals surface area (Å²) in [5.41, 5.74) is 0.439. The van der Waals surface area contributed by atoms with Gasteiger partial charge in [-0.15, -0.1) is 0 Å². The van der Waals surface area contributed by atoms with E-state index in [-0.39, 0.29) is 0 Å². The fourth-order valence-electron chi connectivity index (χ4n) is 1.77. The van der Waals surface area contributed by atoms with Gasteiger partial charge in [0, 0.05) is 5.41 Å². The van der Waals surface area contributed by atoms with Crippen molar-refractivity contribution in [2.45, 2.75) is 19.3 Å². The summed E-state index contributed by atoms with van der Waals surface area (Å²) < 4.78 is 0. The molecule has 2 unspecified atom stereocenters. The first-order chi connectivity index (χ1) is 4.37. The van der Waals surface area contributed by atoms with Gasteiger partial charge in [-0.3, -0.25) is 0 Å². The van der Waals surface area contributed by atoms with Crippen LogP contribution >= 0.6 is 0 Å². The molecule has 0 saturated heterocycles. The van der Waals surface area contributed by atoms with Crippen LogP contribution in [-0.4, -0.2) is 0 Å². The van der Waals surface area contributed by atoms with E-state index in [1.807, 2.05) is 0 Å². The van der Waals surface area contributed by atoms with Gasteiger partial charge in [0.2, 0.25) is 0 Å². The van der Waals surface area contributed by atoms with Crippen LogP contribution in [0.4, 0.5) is 0 Å². The highest BCUT2D eigenvalue weighted by atomic mass is 14.5. The number of rotatable bonds is 1. The topological polar surface area (TPSA) is 0 Å². The predicted octanol–water partition coefficient (Wildman–Crippen LogP) is 2.33. The zero-order chi connectivity index (χ0) is 6.32. The summed E-state index contributed by atoms with van der Waals surface area (Å²) in [4.78, 5) is 0. The maximum absolute atomic E-state index is 3.74. The van der Waals surface area contributed by atoms with Gasteiger partial charge in [-0.1, -0.05) is 18.7 Å². The van der Waals surface area contributed by atoms with Crippen molar-refractivity contribution in [2.24, 2.45) is 11.3 Å². The van der Waals surface area contributed by atoms with E-state index in [1.54, 1.807) is 0 Å². The van der Waals surface area contributed by atoms with Crippen LogP contribution in [-0.2, 0) is 0 Å². The zero-order valence-corrected chi connectivity index (χ0v) is 5.56. The molecule has 0 heterocycles. The van der Waals surface area contributed by atoms with Gasteiger partial charge in [0.05, 0.1) is 0 Å². The number of allylic oxidation sites excluding steroid dienone is 3. The monoisotopic (exact) mass is 119 g/mol. The van der Waals surface area contributed by atoms with Crippen molar-refractivity contribution in [3.63, 3.8) is 0 Å². The fraction of sp³-hybridized carbons (Fsp3) is 0.556. The summed E-state index contributed by atoms with van der Waals surface area (Å²) in [5, 5.41) is 0. The molecule has 2 atom stereocenters. The van der Waals surface area contributed by atoms with Crippen LogP contribution in [0.5, 0.6) is 0 Å². The Labute approximate surface area is 56.3 Å². The van der Waals surface area contributed by atoms with Gasteiger partial charge in [0.15, 0.2) is 0 Å². The van der Waals surface area contributed by atoms with Crippen molar-refractivity contribution in [1.29, 1.82) is 0 Å². The standard InChI is InChI=1S/C9H11/c1-2-9-6-4-3-5-8(9)7-9/h3,5,8H,1,4,6-7H2. The van der Waals surface area contributed by atoms with E-state index in [1.165, 1.54) is 19.3 Å². The number of fused-ring (bicyclic) bond motifs is 1. The molecule has 1 radical (unpaired) electrons. The van der Waals surface area contributed by atoms with Crippen LogP contribution < -0.4 is 0 Å². The minimum absolute atomic E-state index is 0.439. The number of hydrogen-bond donors (Lipinski definition) is 0. The van der Waals surface area contributed by atoms with Crippen molar-refractivity contribution in [2.75, 3.05) is 0 Å². The van der Waals surface area contributed by atoms with E-state index in [0.717, 1.165) is 5.92 Å². The zero-order valence-electron chi connectivity index (χ0n) is 5.56. The van der Waals surface area contributed by atoms with Crippen molar-refractivity contribution >= 4 is 0 Å². The molecule has 0 nitrogen and oxygen atoms in total. The van der Waals surface area contributed by atoms with Gasteiger partial charge in [0.1, 0.15) is 0 Å². The van der Waals surface area contributed by atoms with E-state index in [9.17, 15) is 0 Å². The molecule has 0 bridgehead atoms. The van der Waals surface area contributed by atoms with Gasteiger partial charge in [-0.25, -0.2) is 0 Å². The Bertz CT molecular complexity index is 167. The molecule has 0 aromatic rings. The van der Waals surface area contributed by atoms with Crippen molar-refractivity contribution in [1.82, 2.24) is 0 Å². The SMILES string of the molecule is C=[C]C12CCC=CC1C2. The van der Waals surface area contributed by atoms with E-state index in [4.69, 9.17) is 0 Å². The first kappa shape index (κ1) is 5.28. The molecular weight excluding hydrogens is 108 g/mol. The second-order valence-electron chi connectivity index (χ2n) is 3.11. The Balaban J connectivity index is 2.21. The van der Waals surface area contributed by atoms with Crippen LogP contribution in [0.25, 0.3) is 0 Å². The van der Waals surface area contributed by atoms with Gasteiger partial charge in [-0.05, 0) is 31.3 Å². The molecule has 0 N–H and O–H groups in total. The Kier molecular flexibility index (Phi) is 0.879. The van der Waals surface area contributed by atoms with Crippen molar-refractivity contribution < 1.29 is 0 Å². The summed E-state index contributed by atoms with van der Waals surface area (Å²) in [6, 6.07) is 0. The molecular formula is C9H11. The summed E-state index contributed by atoms with van der Waals surface area (Å²) in [5.74, 6) is 0.809. The summed E-state index contributed by atoms with van der Waals surface area (Å²) in [6.45, 7) is 3.74. The van der Waals surface area contributed by atoms with Crippen molar-refractivity contribution in [3.8, 4) is 0 Å². The molecule has 47 valence electrons. The highest BCUT2D eigenvalue weighted by Gasteiger charge is 2.50. The molecule has 0 aromatic heterocycles. The third-order valence-corrected chi connectivity index (χ3v) is 2.61. The second-order valence-corrected chi connectivity index (χ2v) is 3.11. The number of hydrogen-bond acceptors (Lipinski definition) is 0. The summed E-state index contributed by atoms with van der Waals surface area (Å²) in [6.07, 6.45) is 11.6. The Hall–Kier alpha value is -0.520. The quantitative estimate of drug-likeness (QED) is 0.465. The average molecular weight is 119 g/mol. The van der Waals surface area contributed by atoms with Gasteiger partial charge in [-0.2, -0.15) is 0 Å². The first-order valence-corrected chi connectivity index (χ1v) is 3.58. The molecule has 1 fully saturated rings. The molecule has 0 heteroatoms. The molecule has 2 aliphatic rings. The highest BCUT2D eigenvalue weighted by molar-refractivity contribution is 5.19. The minimum atomic E-state index is 0.439. The molecule has 1 saturated carbocycles. The van der Waals surface area contributed by atoms with Gasteiger partial charge in [0.25, 0.3) is 0 Å². The average Bonchev–Trinajstić information content (AvgIpc) is 2.62. The van der Waals surface area contributed by atoms with E-state index < -0.39 is 0 Å². The normalized spacial score (nSPS) is 46.0. The third kappa shape index (κ3) is 0.592. The molecule has 0 aromatic carbocycles. The molecule has 2 aliphatic carbocycles. The summed E-state index contributed by atoms with van der Waals surface area (Å²) in [7, 11) is 0. The molecule has 0 amide bonds. The predicted molar refractivity (Wildman–Crippen MR) is 37.8 cm³/mol. The van der Waals surface area contributed by atoms with E-state index >= 15 is 0 Å². The van der Waals surface area contributed by atoms with Crippen molar-refractivity contribution in [3.05, 3.63) is 24.8 Å². The Morgan fingerprint density at radius 2 is 2.56 bits per heavy atom. The Morgan fingerprint density at radius 3 is 3.11 bits per heavy atom. The largest absolute Gasteiger partial charge is 0.0950 e. The Morgan fingerprint density at radius 1 is 1.67 bits per heavy atom. The lowest BCUT2D eigenvalue weighted by molar-refractivity contribution is 0.528. The minimum Gasteiger partial charge on any atom is -0.0950 e. The third-order valence-electron chi connectivity index (χ3n) is 2.61.